The molecule has 1 heterocycles. The number of hydrogen-bond acceptors (Lipinski definition) is 4. The van der Waals surface area contributed by atoms with Crippen molar-refractivity contribution in [2.24, 2.45) is 4.99 Å². The summed E-state index contributed by atoms with van der Waals surface area (Å²) in [7, 11) is 0. The number of benzene rings is 1. The Morgan fingerprint density at radius 3 is 2.50 bits per heavy atom. The zero-order valence-electron chi connectivity index (χ0n) is 16.2. The molecule has 4 nitrogen and oxygen atoms in total. The van der Waals surface area contributed by atoms with Crippen molar-refractivity contribution in [2.75, 3.05) is 0 Å². The third kappa shape index (κ3) is 5.04. The van der Waals surface area contributed by atoms with Crippen LogP contribution in [0.15, 0.2) is 28.1 Å². The maximum absolute atomic E-state index is 12.8. The second-order valence-electron chi connectivity index (χ2n) is 6.91. The van der Waals surface area contributed by atoms with Gasteiger partial charge in [-0.3, -0.25) is 14.7 Å². The van der Waals surface area contributed by atoms with Crippen molar-refractivity contribution in [1.82, 2.24) is 4.90 Å². The summed E-state index contributed by atoms with van der Waals surface area (Å²) in [4.78, 5) is 19.8. The van der Waals surface area contributed by atoms with Crippen molar-refractivity contribution in [2.45, 2.75) is 66.2 Å². The van der Waals surface area contributed by atoms with Gasteiger partial charge in [-0.05, 0) is 76.6 Å². The van der Waals surface area contributed by atoms with E-state index in [0.29, 0.717) is 15.7 Å². The second-order valence-corrected chi connectivity index (χ2v) is 8.33. The lowest BCUT2D eigenvalue weighted by Gasteiger charge is -2.20. The minimum Gasteiger partial charge on any atom is -0.489 e. The lowest BCUT2D eigenvalue weighted by atomic mass is 10.2. The summed E-state index contributed by atoms with van der Waals surface area (Å²) in [6.45, 7) is 12.1. The fraction of sp³-hybridized carbons (Fsp3) is 0.500. The molecule has 1 fully saturated rings. The molecular formula is C20H27ClN2O2S. The van der Waals surface area contributed by atoms with Crippen LogP contribution in [0.1, 0.15) is 53.5 Å². The van der Waals surface area contributed by atoms with Crippen LogP contribution in [0.25, 0.3) is 6.08 Å². The van der Waals surface area contributed by atoms with Gasteiger partial charge in [0.25, 0.3) is 5.91 Å². The number of aliphatic imine (C=N–C) groups is 1. The molecule has 0 aromatic heterocycles. The lowest BCUT2D eigenvalue weighted by molar-refractivity contribution is -0.123. The van der Waals surface area contributed by atoms with Gasteiger partial charge >= 0.3 is 0 Å². The Morgan fingerprint density at radius 1 is 1.27 bits per heavy atom. The average molecular weight is 395 g/mol. The topological polar surface area (TPSA) is 41.9 Å². The SMILES string of the molecule is CC[C@@H](C)Oc1ccc(/C=C2/SC(=NC(C)C)N(C(C)C)C2=O)cc1Cl. The standard InChI is InChI=1S/C20H27ClN2O2S/c1-7-14(6)25-17-9-8-15(10-16(17)21)11-18-19(24)23(13(4)5)20(26-18)22-12(2)3/h8-14H,7H2,1-6H3/b18-11+,22-20?/t14-/m1/s1. The van der Waals surface area contributed by atoms with Crippen LogP contribution in [0.5, 0.6) is 5.75 Å². The molecule has 0 unspecified atom stereocenters. The highest BCUT2D eigenvalue weighted by Gasteiger charge is 2.35. The summed E-state index contributed by atoms with van der Waals surface area (Å²) in [6.07, 6.45) is 2.89. The molecule has 1 atom stereocenters. The molecule has 0 bridgehead atoms. The van der Waals surface area contributed by atoms with Gasteiger partial charge in [-0.15, -0.1) is 0 Å². The summed E-state index contributed by atoms with van der Waals surface area (Å²) in [5.74, 6) is 0.653. The predicted octanol–water partition coefficient (Wildman–Crippen LogP) is 5.61. The molecule has 0 N–H and O–H groups in total. The predicted molar refractivity (Wildman–Crippen MR) is 112 cm³/mol. The zero-order chi connectivity index (χ0) is 19.4. The van der Waals surface area contributed by atoms with E-state index in [1.54, 1.807) is 4.90 Å². The minimum absolute atomic E-state index is 0.0135. The van der Waals surface area contributed by atoms with Crippen LogP contribution >= 0.6 is 23.4 Å². The summed E-state index contributed by atoms with van der Waals surface area (Å²) >= 11 is 7.76. The first-order valence-electron chi connectivity index (χ1n) is 9.00. The van der Waals surface area contributed by atoms with Crippen molar-refractivity contribution >= 4 is 40.5 Å². The number of carbonyl (C=O) groups excluding carboxylic acids is 1. The van der Waals surface area contributed by atoms with E-state index in [2.05, 4.69) is 11.9 Å². The molecule has 1 saturated heterocycles. The average Bonchev–Trinajstić information content (AvgIpc) is 2.84. The minimum atomic E-state index is -0.0135. The molecule has 0 aliphatic carbocycles. The fourth-order valence-corrected chi connectivity index (χ4v) is 3.87. The highest BCUT2D eigenvalue weighted by molar-refractivity contribution is 8.18. The molecule has 142 valence electrons. The smallest absolute Gasteiger partial charge is 0.266 e. The van der Waals surface area contributed by atoms with Gasteiger partial charge in [0.1, 0.15) is 5.75 Å². The van der Waals surface area contributed by atoms with Gasteiger partial charge in [0.15, 0.2) is 5.17 Å². The van der Waals surface area contributed by atoms with Crippen molar-refractivity contribution < 1.29 is 9.53 Å². The largest absolute Gasteiger partial charge is 0.489 e. The fourth-order valence-electron chi connectivity index (χ4n) is 2.41. The molecule has 1 aromatic rings. The van der Waals surface area contributed by atoms with Gasteiger partial charge in [0, 0.05) is 12.1 Å². The van der Waals surface area contributed by atoms with Gasteiger partial charge < -0.3 is 4.74 Å². The van der Waals surface area contributed by atoms with Crippen LogP contribution in [0.2, 0.25) is 5.02 Å². The van der Waals surface area contributed by atoms with Crippen LogP contribution in [0, 0.1) is 0 Å². The molecule has 6 heteroatoms. The Morgan fingerprint density at radius 2 is 1.96 bits per heavy atom. The number of ether oxygens (including phenoxy) is 1. The first-order chi connectivity index (χ1) is 12.2. The van der Waals surface area contributed by atoms with Gasteiger partial charge in [0.2, 0.25) is 0 Å². The molecule has 0 radical (unpaired) electrons. The number of hydrogen-bond donors (Lipinski definition) is 0. The Hall–Kier alpha value is -1.46. The van der Waals surface area contributed by atoms with E-state index < -0.39 is 0 Å². The zero-order valence-corrected chi connectivity index (χ0v) is 17.8. The number of rotatable bonds is 6. The summed E-state index contributed by atoms with van der Waals surface area (Å²) in [6, 6.07) is 5.80. The van der Waals surface area contributed by atoms with Gasteiger partial charge in [-0.1, -0.05) is 24.6 Å². The van der Waals surface area contributed by atoms with Crippen LogP contribution in [0.4, 0.5) is 0 Å². The molecule has 26 heavy (non-hydrogen) atoms. The third-order valence-electron chi connectivity index (χ3n) is 3.88. The van der Waals surface area contributed by atoms with E-state index in [1.165, 1.54) is 11.8 Å². The monoisotopic (exact) mass is 394 g/mol. The van der Waals surface area contributed by atoms with Crippen LogP contribution in [-0.4, -0.2) is 34.2 Å². The number of halogens is 1. The van der Waals surface area contributed by atoms with Crippen LogP contribution < -0.4 is 4.74 Å². The molecular weight excluding hydrogens is 368 g/mol. The highest BCUT2D eigenvalue weighted by atomic mass is 35.5. The lowest BCUT2D eigenvalue weighted by Crippen LogP contribution is -2.35. The number of thioether (sulfide) groups is 1. The van der Waals surface area contributed by atoms with E-state index in [4.69, 9.17) is 16.3 Å². The van der Waals surface area contributed by atoms with E-state index in [0.717, 1.165) is 17.2 Å². The Bertz CT molecular complexity index is 729. The molecule has 0 saturated carbocycles. The Kier molecular flexibility index (Phi) is 7.18. The molecule has 1 amide bonds. The van der Waals surface area contributed by atoms with Gasteiger partial charge in [-0.2, -0.15) is 0 Å². The number of nitrogens with zero attached hydrogens (tertiary/aromatic N) is 2. The summed E-state index contributed by atoms with van der Waals surface area (Å²) in [5, 5.41) is 1.31. The molecule has 1 aliphatic heterocycles. The van der Waals surface area contributed by atoms with E-state index >= 15 is 0 Å². The normalized spacial score (nSPS) is 19.3. The quantitative estimate of drug-likeness (QED) is 0.589. The second kappa shape index (κ2) is 8.96. The Balaban J connectivity index is 2.29. The van der Waals surface area contributed by atoms with Crippen LogP contribution in [-0.2, 0) is 4.79 Å². The van der Waals surface area contributed by atoms with E-state index in [1.807, 2.05) is 58.9 Å². The molecule has 2 rings (SSSR count). The molecule has 1 aromatic carbocycles. The number of amides is 1. The summed E-state index contributed by atoms with van der Waals surface area (Å²) in [5.41, 5.74) is 0.872. The van der Waals surface area contributed by atoms with Gasteiger partial charge in [-0.25, -0.2) is 0 Å². The Labute approximate surface area is 165 Å². The van der Waals surface area contributed by atoms with E-state index in [9.17, 15) is 4.79 Å². The molecule has 1 aliphatic rings. The first-order valence-corrected chi connectivity index (χ1v) is 10.2. The third-order valence-corrected chi connectivity index (χ3v) is 5.17. The van der Waals surface area contributed by atoms with Crippen molar-refractivity contribution in [3.05, 3.63) is 33.7 Å². The summed E-state index contributed by atoms with van der Waals surface area (Å²) < 4.78 is 5.80. The first kappa shape index (κ1) is 20.8. The van der Waals surface area contributed by atoms with Crippen molar-refractivity contribution in [3.8, 4) is 5.75 Å². The maximum atomic E-state index is 12.8. The number of carbonyl (C=O) groups is 1. The highest BCUT2D eigenvalue weighted by Crippen LogP contribution is 2.35. The van der Waals surface area contributed by atoms with Crippen molar-refractivity contribution in [3.63, 3.8) is 0 Å². The molecule has 0 spiro atoms. The van der Waals surface area contributed by atoms with Gasteiger partial charge in [0.05, 0.1) is 16.0 Å². The number of amidine groups is 1. The van der Waals surface area contributed by atoms with E-state index in [-0.39, 0.29) is 24.1 Å². The van der Waals surface area contributed by atoms with Crippen molar-refractivity contribution in [1.29, 1.82) is 0 Å². The van der Waals surface area contributed by atoms with Crippen LogP contribution in [0.3, 0.4) is 0 Å². The maximum Gasteiger partial charge on any atom is 0.266 e.